The van der Waals surface area contributed by atoms with Gasteiger partial charge in [-0.15, -0.1) is 11.3 Å². The van der Waals surface area contributed by atoms with Crippen LogP contribution >= 0.6 is 11.3 Å². The largest absolute Gasteiger partial charge is 0.261 e. The van der Waals surface area contributed by atoms with E-state index < -0.39 is 0 Å². The average molecular weight is 320 g/mol. The first-order valence-corrected chi connectivity index (χ1v) is 8.74. The van der Waals surface area contributed by atoms with E-state index in [1.165, 1.54) is 35.2 Å². The smallest absolute Gasteiger partial charge is 0.158 e. The standard InChI is InChI=1S/C17H17BN4S/c18-13-7-3-1-5-11(13)9-21-22-16-15-12-6-2-4-8-14(12)23-17(15)20-10-19-16/h1,3,5,7,9-10H,2,4,6,8,18H2,(H,19,20,22)/b21-9-. The lowest BCUT2D eigenvalue weighted by Gasteiger charge is -2.11. The van der Waals surface area contributed by atoms with Gasteiger partial charge in [-0.25, -0.2) is 9.97 Å². The average Bonchev–Trinajstić information content (AvgIpc) is 2.96. The van der Waals surface area contributed by atoms with Crippen LogP contribution in [-0.4, -0.2) is 24.0 Å². The highest BCUT2D eigenvalue weighted by molar-refractivity contribution is 7.19. The zero-order valence-electron chi connectivity index (χ0n) is 13.0. The van der Waals surface area contributed by atoms with Gasteiger partial charge in [-0.1, -0.05) is 29.7 Å². The van der Waals surface area contributed by atoms with Gasteiger partial charge in [-0.2, -0.15) is 5.10 Å². The second kappa shape index (κ2) is 6.12. The summed E-state index contributed by atoms with van der Waals surface area (Å²) in [5.41, 5.74) is 6.86. The molecule has 4 rings (SSSR count). The molecule has 1 aliphatic carbocycles. The fraction of sp³-hybridized carbons (Fsp3) is 0.235. The van der Waals surface area contributed by atoms with Gasteiger partial charge >= 0.3 is 0 Å². The highest BCUT2D eigenvalue weighted by atomic mass is 32.1. The quantitative estimate of drug-likeness (QED) is 0.458. The van der Waals surface area contributed by atoms with Gasteiger partial charge in [-0.3, -0.25) is 5.43 Å². The summed E-state index contributed by atoms with van der Waals surface area (Å²) in [6.07, 6.45) is 8.29. The summed E-state index contributed by atoms with van der Waals surface area (Å²) in [5, 5.41) is 5.55. The van der Waals surface area contributed by atoms with Crippen LogP contribution in [0.1, 0.15) is 28.8 Å². The van der Waals surface area contributed by atoms with Crippen molar-refractivity contribution in [1.82, 2.24) is 9.97 Å². The molecule has 0 bridgehead atoms. The zero-order valence-corrected chi connectivity index (χ0v) is 13.9. The van der Waals surface area contributed by atoms with Crippen molar-refractivity contribution in [2.75, 3.05) is 5.43 Å². The number of hydrazone groups is 1. The molecule has 0 saturated carbocycles. The van der Waals surface area contributed by atoms with Crippen molar-refractivity contribution in [2.45, 2.75) is 25.7 Å². The fourth-order valence-electron chi connectivity index (χ4n) is 3.07. The number of nitrogens with one attached hydrogen (secondary N) is 1. The summed E-state index contributed by atoms with van der Waals surface area (Å²) in [4.78, 5) is 11.4. The van der Waals surface area contributed by atoms with Crippen molar-refractivity contribution in [1.29, 1.82) is 0 Å². The maximum absolute atomic E-state index is 4.44. The predicted molar refractivity (Wildman–Crippen MR) is 99.9 cm³/mol. The van der Waals surface area contributed by atoms with E-state index in [9.17, 15) is 0 Å². The molecule has 0 saturated heterocycles. The zero-order chi connectivity index (χ0) is 15.6. The molecule has 1 aliphatic rings. The number of hydrogen-bond donors (Lipinski definition) is 1. The third kappa shape index (κ3) is 2.74. The summed E-state index contributed by atoms with van der Waals surface area (Å²) in [5.74, 6) is 0.819. The fourth-order valence-corrected chi connectivity index (χ4v) is 4.30. The van der Waals surface area contributed by atoms with Gasteiger partial charge in [0.15, 0.2) is 5.82 Å². The lowest BCUT2D eigenvalue weighted by Crippen LogP contribution is -2.09. The molecule has 0 unspecified atom stereocenters. The SMILES string of the molecule is Bc1ccccc1/C=N\Nc1ncnc2sc3c(c12)CCCC3. The number of anilines is 1. The Bertz CT molecular complexity index is 887. The van der Waals surface area contributed by atoms with Gasteiger partial charge in [0.1, 0.15) is 19.0 Å². The number of aryl methyl sites for hydroxylation is 2. The van der Waals surface area contributed by atoms with Crippen LogP contribution in [0, 0.1) is 0 Å². The molecule has 2 aromatic heterocycles. The molecule has 114 valence electrons. The Kier molecular flexibility index (Phi) is 3.83. The van der Waals surface area contributed by atoms with Crippen molar-refractivity contribution < 1.29 is 0 Å². The summed E-state index contributed by atoms with van der Waals surface area (Å²) in [6.45, 7) is 0. The molecule has 0 fully saturated rings. The third-order valence-corrected chi connectivity index (χ3v) is 5.51. The Morgan fingerprint density at radius 3 is 2.96 bits per heavy atom. The third-order valence-electron chi connectivity index (χ3n) is 4.31. The van der Waals surface area contributed by atoms with Crippen molar-refractivity contribution in [3.05, 3.63) is 46.6 Å². The van der Waals surface area contributed by atoms with Gasteiger partial charge in [0.2, 0.25) is 0 Å². The van der Waals surface area contributed by atoms with E-state index in [1.807, 2.05) is 18.3 Å². The second-order valence-electron chi connectivity index (χ2n) is 5.84. The van der Waals surface area contributed by atoms with Crippen LogP contribution in [0.15, 0.2) is 35.7 Å². The molecule has 2 heterocycles. The van der Waals surface area contributed by atoms with E-state index in [4.69, 9.17) is 0 Å². The topological polar surface area (TPSA) is 50.2 Å². The normalized spacial score (nSPS) is 14.3. The highest BCUT2D eigenvalue weighted by Gasteiger charge is 2.19. The van der Waals surface area contributed by atoms with E-state index in [-0.39, 0.29) is 0 Å². The van der Waals surface area contributed by atoms with E-state index in [0.29, 0.717) is 0 Å². The summed E-state index contributed by atoms with van der Waals surface area (Å²) < 4.78 is 0. The van der Waals surface area contributed by atoms with Crippen LogP contribution in [0.5, 0.6) is 0 Å². The molecule has 0 atom stereocenters. The molecular formula is C17H17BN4S. The van der Waals surface area contributed by atoms with Crippen molar-refractivity contribution in [2.24, 2.45) is 5.10 Å². The van der Waals surface area contributed by atoms with Crippen molar-refractivity contribution in [3.8, 4) is 0 Å². The Morgan fingerprint density at radius 2 is 2.04 bits per heavy atom. The van der Waals surface area contributed by atoms with Crippen molar-refractivity contribution in [3.63, 3.8) is 0 Å². The number of aromatic nitrogens is 2. The lowest BCUT2D eigenvalue weighted by atomic mass is 9.91. The number of nitrogens with zero attached hydrogens (tertiary/aromatic N) is 3. The van der Waals surface area contributed by atoms with Gasteiger partial charge in [0.25, 0.3) is 0 Å². The number of rotatable bonds is 3. The highest BCUT2D eigenvalue weighted by Crippen LogP contribution is 2.37. The Hall–Kier alpha value is -2.21. The van der Waals surface area contributed by atoms with Gasteiger partial charge in [0, 0.05) is 4.88 Å². The van der Waals surface area contributed by atoms with Gasteiger partial charge in [0.05, 0.1) is 11.6 Å². The molecule has 0 radical (unpaired) electrons. The minimum absolute atomic E-state index is 0.819. The minimum Gasteiger partial charge on any atom is -0.261 e. The first-order chi connectivity index (χ1) is 11.3. The van der Waals surface area contributed by atoms with Gasteiger partial charge < -0.3 is 0 Å². The van der Waals surface area contributed by atoms with Crippen molar-refractivity contribution >= 4 is 46.9 Å². The molecule has 1 N–H and O–H groups in total. The van der Waals surface area contributed by atoms with E-state index in [1.54, 1.807) is 17.7 Å². The molecule has 4 nitrogen and oxygen atoms in total. The first-order valence-electron chi connectivity index (χ1n) is 7.93. The molecular weight excluding hydrogens is 303 g/mol. The molecule has 0 spiro atoms. The van der Waals surface area contributed by atoms with Crippen LogP contribution in [0.3, 0.4) is 0 Å². The lowest BCUT2D eigenvalue weighted by molar-refractivity contribution is 0.700. The maximum atomic E-state index is 4.44. The Labute approximate surface area is 140 Å². The number of fused-ring (bicyclic) bond motifs is 3. The minimum atomic E-state index is 0.819. The number of hydrogen-bond acceptors (Lipinski definition) is 5. The second-order valence-corrected chi connectivity index (χ2v) is 6.92. The van der Waals surface area contributed by atoms with E-state index >= 15 is 0 Å². The monoisotopic (exact) mass is 320 g/mol. The van der Waals surface area contributed by atoms with Crippen LogP contribution in [0.2, 0.25) is 0 Å². The van der Waals surface area contributed by atoms with Crippen LogP contribution in [0.4, 0.5) is 5.82 Å². The van der Waals surface area contributed by atoms with E-state index in [2.05, 4.69) is 40.5 Å². The molecule has 6 heteroatoms. The molecule has 3 aromatic rings. The first kappa shape index (κ1) is 14.4. The summed E-state index contributed by atoms with van der Waals surface area (Å²) in [7, 11) is 2.08. The molecule has 0 aliphatic heterocycles. The summed E-state index contributed by atoms with van der Waals surface area (Å²) in [6, 6.07) is 8.19. The van der Waals surface area contributed by atoms with Gasteiger partial charge in [-0.05, 0) is 36.8 Å². The molecule has 23 heavy (non-hydrogen) atoms. The summed E-state index contributed by atoms with van der Waals surface area (Å²) >= 11 is 1.80. The maximum Gasteiger partial charge on any atom is 0.158 e. The molecule has 1 aromatic carbocycles. The Morgan fingerprint density at radius 1 is 1.17 bits per heavy atom. The predicted octanol–water partition coefficient (Wildman–Crippen LogP) is 2.27. The van der Waals surface area contributed by atoms with Crippen LogP contribution in [0.25, 0.3) is 10.2 Å². The number of thiophene rings is 1. The van der Waals surface area contributed by atoms with Crippen LogP contribution < -0.4 is 10.9 Å². The Balaban J connectivity index is 1.67. The number of benzene rings is 1. The molecule has 0 amide bonds. The van der Waals surface area contributed by atoms with Crippen LogP contribution in [-0.2, 0) is 12.8 Å². The van der Waals surface area contributed by atoms with E-state index in [0.717, 1.165) is 28.0 Å².